The second-order valence-corrected chi connectivity index (χ2v) is 5.97. The summed E-state index contributed by atoms with van der Waals surface area (Å²) in [6, 6.07) is 14.3. The second-order valence-electron chi connectivity index (χ2n) is 5.58. The van der Waals surface area contributed by atoms with Crippen LogP contribution >= 0.6 is 12.2 Å². The number of anilines is 2. The van der Waals surface area contributed by atoms with Crippen LogP contribution in [0.2, 0.25) is 0 Å². The van der Waals surface area contributed by atoms with Gasteiger partial charge in [-0.15, -0.1) is 0 Å². The molecule has 24 heavy (non-hydrogen) atoms. The minimum atomic E-state index is -0.253. The summed E-state index contributed by atoms with van der Waals surface area (Å²) in [6.07, 6.45) is 0. The van der Waals surface area contributed by atoms with Crippen molar-refractivity contribution in [3.8, 4) is 5.75 Å². The Morgan fingerprint density at radius 2 is 1.71 bits per heavy atom. The number of rotatable bonds is 3. The molecule has 0 atom stereocenters. The molecule has 0 aliphatic carbocycles. The predicted molar refractivity (Wildman–Crippen MR) is 99.4 cm³/mol. The third-order valence-electron chi connectivity index (χ3n) is 4.09. The van der Waals surface area contributed by atoms with Gasteiger partial charge in [0.05, 0.1) is 12.8 Å². The van der Waals surface area contributed by atoms with E-state index in [0.29, 0.717) is 5.11 Å². The van der Waals surface area contributed by atoms with E-state index in [-0.39, 0.29) is 5.82 Å². The van der Waals surface area contributed by atoms with Crippen molar-refractivity contribution < 1.29 is 9.13 Å². The fourth-order valence-corrected chi connectivity index (χ4v) is 3.08. The van der Waals surface area contributed by atoms with Gasteiger partial charge in [0.25, 0.3) is 0 Å². The third-order valence-corrected chi connectivity index (χ3v) is 4.45. The van der Waals surface area contributed by atoms with Crippen LogP contribution in [0.25, 0.3) is 0 Å². The van der Waals surface area contributed by atoms with Gasteiger partial charge in [-0.1, -0.05) is 12.1 Å². The third kappa shape index (κ3) is 3.76. The highest BCUT2D eigenvalue weighted by Crippen LogP contribution is 2.28. The summed E-state index contributed by atoms with van der Waals surface area (Å²) in [5.41, 5.74) is 1.91. The summed E-state index contributed by atoms with van der Waals surface area (Å²) in [5, 5.41) is 3.83. The van der Waals surface area contributed by atoms with Crippen molar-refractivity contribution in [2.45, 2.75) is 0 Å². The van der Waals surface area contributed by atoms with Crippen molar-refractivity contribution in [3.05, 3.63) is 54.3 Å². The zero-order chi connectivity index (χ0) is 16.9. The van der Waals surface area contributed by atoms with Crippen LogP contribution in [0.3, 0.4) is 0 Å². The summed E-state index contributed by atoms with van der Waals surface area (Å²) in [7, 11) is 1.69. The van der Waals surface area contributed by atoms with Crippen LogP contribution in [0.15, 0.2) is 48.5 Å². The molecule has 0 bridgehead atoms. The number of ether oxygens (including phenoxy) is 1. The van der Waals surface area contributed by atoms with Crippen LogP contribution in [-0.4, -0.2) is 43.3 Å². The molecule has 4 nitrogen and oxygen atoms in total. The van der Waals surface area contributed by atoms with E-state index >= 15 is 0 Å². The molecular formula is C18H20FN3OS. The standard InChI is InChI=1S/C18H20FN3OS/c1-23-17-5-3-2-4-16(17)21-10-12-22(13-11-21)18(24)20-15-8-6-14(19)7-9-15/h2-9H,10-13H2,1H3,(H,20,24). The highest BCUT2D eigenvalue weighted by Gasteiger charge is 2.21. The number of methoxy groups -OCH3 is 1. The molecule has 1 heterocycles. The maximum absolute atomic E-state index is 13.0. The van der Waals surface area contributed by atoms with E-state index in [1.165, 1.54) is 12.1 Å². The van der Waals surface area contributed by atoms with Gasteiger partial charge in [-0.25, -0.2) is 4.39 Å². The fourth-order valence-electron chi connectivity index (χ4n) is 2.78. The number of thiocarbonyl (C=S) groups is 1. The van der Waals surface area contributed by atoms with E-state index in [4.69, 9.17) is 17.0 Å². The molecule has 2 aromatic carbocycles. The lowest BCUT2D eigenvalue weighted by Gasteiger charge is -2.37. The largest absolute Gasteiger partial charge is 0.495 e. The van der Waals surface area contributed by atoms with Gasteiger partial charge in [-0.2, -0.15) is 0 Å². The van der Waals surface area contributed by atoms with E-state index in [2.05, 4.69) is 21.2 Å². The highest BCUT2D eigenvalue weighted by molar-refractivity contribution is 7.80. The Morgan fingerprint density at radius 1 is 1.04 bits per heavy atom. The molecule has 0 spiro atoms. The normalized spacial score (nSPS) is 14.4. The molecule has 1 aliphatic heterocycles. The van der Waals surface area contributed by atoms with Gasteiger partial charge in [-0.3, -0.25) is 0 Å². The first-order valence-corrected chi connectivity index (χ1v) is 8.27. The summed E-state index contributed by atoms with van der Waals surface area (Å²) in [5.74, 6) is 0.634. The topological polar surface area (TPSA) is 27.7 Å². The average molecular weight is 345 g/mol. The number of piperazine rings is 1. The first kappa shape index (κ1) is 16.5. The summed E-state index contributed by atoms with van der Waals surface area (Å²) >= 11 is 5.47. The fraction of sp³-hybridized carbons (Fsp3) is 0.278. The first-order valence-electron chi connectivity index (χ1n) is 7.87. The minimum Gasteiger partial charge on any atom is -0.495 e. The number of para-hydroxylation sites is 2. The molecule has 0 radical (unpaired) electrons. The van der Waals surface area contributed by atoms with Crippen molar-refractivity contribution in [3.63, 3.8) is 0 Å². The molecule has 1 fully saturated rings. The number of hydrogen-bond acceptors (Lipinski definition) is 3. The summed E-state index contributed by atoms with van der Waals surface area (Å²) < 4.78 is 18.4. The molecule has 0 amide bonds. The van der Waals surface area contributed by atoms with Gasteiger partial charge >= 0.3 is 0 Å². The number of nitrogens with one attached hydrogen (secondary N) is 1. The van der Waals surface area contributed by atoms with Crippen molar-refractivity contribution >= 4 is 28.7 Å². The molecular weight excluding hydrogens is 325 g/mol. The Hall–Kier alpha value is -2.34. The lowest BCUT2D eigenvalue weighted by Crippen LogP contribution is -2.50. The number of halogens is 1. The lowest BCUT2D eigenvalue weighted by atomic mass is 10.2. The van der Waals surface area contributed by atoms with E-state index < -0.39 is 0 Å². The SMILES string of the molecule is COc1ccccc1N1CCN(C(=S)Nc2ccc(F)cc2)CC1. The Kier molecular flexibility index (Phi) is 5.15. The Morgan fingerprint density at radius 3 is 2.38 bits per heavy atom. The molecule has 3 rings (SSSR count). The van der Waals surface area contributed by atoms with Crippen LogP contribution < -0.4 is 15.0 Å². The highest BCUT2D eigenvalue weighted by atomic mass is 32.1. The molecule has 1 N–H and O–H groups in total. The minimum absolute atomic E-state index is 0.253. The molecule has 0 saturated carbocycles. The van der Waals surface area contributed by atoms with E-state index in [0.717, 1.165) is 43.3 Å². The molecule has 6 heteroatoms. The van der Waals surface area contributed by atoms with Gasteiger partial charge in [-0.05, 0) is 48.6 Å². The maximum atomic E-state index is 13.0. The Bertz CT molecular complexity index is 700. The van der Waals surface area contributed by atoms with Crippen molar-refractivity contribution in [2.24, 2.45) is 0 Å². The number of nitrogens with zero attached hydrogens (tertiary/aromatic N) is 2. The zero-order valence-corrected chi connectivity index (χ0v) is 14.4. The molecule has 2 aromatic rings. The van der Waals surface area contributed by atoms with Crippen LogP contribution in [0, 0.1) is 5.82 Å². The van der Waals surface area contributed by atoms with E-state index in [9.17, 15) is 4.39 Å². The molecule has 0 aromatic heterocycles. The molecule has 1 saturated heterocycles. The summed E-state index contributed by atoms with van der Waals surface area (Å²) in [6.45, 7) is 3.38. The lowest BCUT2D eigenvalue weighted by molar-refractivity contribution is 0.382. The maximum Gasteiger partial charge on any atom is 0.173 e. The molecule has 126 valence electrons. The van der Waals surface area contributed by atoms with Gasteiger partial charge in [0.1, 0.15) is 11.6 Å². The van der Waals surface area contributed by atoms with Crippen LogP contribution in [-0.2, 0) is 0 Å². The van der Waals surface area contributed by atoms with E-state index in [1.807, 2.05) is 18.2 Å². The Labute approximate surface area is 146 Å². The molecule has 1 aliphatic rings. The van der Waals surface area contributed by atoms with Crippen LogP contribution in [0.4, 0.5) is 15.8 Å². The first-order chi connectivity index (χ1) is 11.7. The smallest absolute Gasteiger partial charge is 0.173 e. The quantitative estimate of drug-likeness (QED) is 0.861. The summed E-state index contributed by atoms with van der Waals surface area (Å²) in [4.78, 5) is 4.43. The zero-order valence-electron chi connectivity index (χ0n) is 13.5. The van der Waals surface area contributed by atoms with Crippen molar-refractivity contribution in [1.82, 2.24) is 4.90 Å². The Balaban J connectivity index is 1.58. The number of benzene rings is 2. The van der Waals surface area contributed by atoms with Crippen molar-refractivity contribution in [2.75, 3.05) is 43.5 Å². The van der Waals surface area contributed by atoms with E-state index in [1.54, 1.807) is 19.2 Å². The average Bonchev–Trinajstić information content (AvgIpc) is 2.63. The monoisotopic (exact) mass is 345 g/mol. The van der Waals surface area contributed by atoms with Crippen LogP contribution in [0.5, 0.6) is 5.75 Å². The van der Waals surface area contributed by atoms with Gasteiger partial charge < -0.3 is 19.9 Å². The second kappa shape index (κ2) is 7.49. The predicted octanol–water partition coefficient (Wildman–Crippen LogP) is 3.35. The van der Waals surface area contributed by atoms with Gasteiger partial charge in [0.15, 0.2) is 5.11 Å². The van der Waals surface area contributed by atoms with Crippen molar-refractivity contribution in [1.29, 1.82) is 0 Å². The van der Waals surface area contributed by atoms with Crippen LogP contribution in [0.1, 0.15) is 0 Å². The van der Waals surface area contributed by atoms with Gasteiger partial charge in [0.2, 0.25) is 0 Å². The molecule has 0 unspecified atom stereocenters. The van der Waals surface area contributed by atoms with Gasteiger partial charge in [0, 0.05) is 31.9 Å². The number of hydrogen-bond donors (Lipinski definition) is 1.